The Hall–Kier alpha value is -3.35. The minimum absolute atomic E-state index is 0.0661. The van der Waals surface area contributed by atoms with Gasteiger partial charge in [-0.2, -0.15) is 0 Å². The van der Waals surface area contributed by atoms with Gasteiger partial charge in [0.2, 0.25) is 11.8 Å². The zero-order valence-corrected chi connectivity index (χ0v) is 18.2. The number of aromatic nitrogens is 1. The molecule has 1 N–H and O–H groups in total. The van der Waals surface area contributed by atoms with Gasteiger partial charge in [0, 0.05) is 38.5 Å². The van der Waals surface area contributed by atoms with Crippen LogP contribution in [-0.2, 0) is 22.6 Å². The lowest BCUT2D eigenvalue weighted by Crippen LogP contribution is -2.46. The molecule has 4 rings (SSSR count). The van der Waals surface area contributed by atoms with Crippen LogP contribution in [0.5, 0.6) is 0 Å². The van der Waals surface area contributed by atoms with E-state index in [1.165, 1.54) is 0 Å². The molecule has 0 aliphatic carbocycles. The molecule has 0 spiro atoms. The van der Waals surface area contributed by atoms with Crippen molar-refractivity contribution in [2.45, 2.75) is 51.1 Å². The molecule has 0 unspecified atom stereocenters. The van der Waals surface area contributed by atoms with E-state index in [1.54, 1.807) is 10.6 Å². The summed E-state index contributed by atoms with van der Waals surface area (Å²) in [4.78, 5) is 38.7. The largest absolute Gasteiger partial charge is 0.419 e. The van der Waals surface area contributed by atoms with Crippen LogP contribution in [-0.4, -0.2) is 40.4 Å². The second-order valence-corrected chi connectivity index (χ2v) is 8.30. The fourth-order valence-electron chi connectivity index (χ4n) is 4.25. The average molecular weight is 436 g/mol. The molecule has 1 fully saturated rings. The van der Waals surface area contributed by atoms with Crippen molar-refractivity contribution < 1.29 is 14.0 Å². The topological polar surface area (TPSA) is 84.5 Å². The van der Waals surface area contributed by atoms with E-state index in [2.05, 4.69) is 5.32 Å². The standard InChI is InChI=1S/C25H29N3O4/c29-23(13-12-19-7-2-1-3-8-19)26-20-14-17-27(18-15-20)24(30)11-6-16-28-21-9-4-5-10-22(21)32-25(28)31/h1-5,7-10,20H,6,11-18H2,(H,26,29). The number of fused-ring (bicyclic) bond motifs is 1. The highest BCUT2D eigenvalue weighted by atomic mass is 16.4. The van der Waals surface area contributed by atoms with Gasteiger partial charge in [0.15, 0.2) is 5.58 Å². The summed E-state index contributed by atoms with van der Waals surface area (Å²) in [5, 5.41) is 3.11. The predicted molar refractivity (Wildman–Crippen MR) is 122 cm³/mol. The molecular weight excluding hydrogens is 406 g/mol. The van der Waals surface area contributed by atoms with Crippen LogP contribution in [0.15, 0.2) is 63.8 Å². The number of oxazole rings is 1. The highest BCUT2D eigenvalue weighted by molar-refractivity contribution is 5.77. The summed E-state index contributed by atoms with van der Waals surface area (Å²) in [5.74, 6) is -0.224. The molecule has 7 nitrogen and oxygen atoms in total. The van der Waals surface area contributed by atoms with Crippen LogP contribution >= 0.6 is 0 Å². The van der Waals surface area contributed by atoms with Gasteiger partial charge >= 0.3 is 5.76 Å². The van der Waals surface area contributed by atoms with E-state index in [9.17, 15) is 14.4 Å². The van der Waals surface area contributed by atoms with E-state index in [4.69, 9.17) is 4.42 Å². The van der Waals surface area contributed by atoms with Crippen molar-refractivity contribution in [1.82, 2.24) is 14.8 Å². The lowest BCUT2D eigenvalue weighted by atomic mass is 10.0. The number of benzene rings is 2. The Balaban J connectivity index is 1.17. The molecule has 0 bridgehead atoms. The van der Waals surface area contributed by atoms with Crippen LogP contribution < -0.4 is 11.1 Å². The Morgan fingerprint density at radius 3 is 2.47 bits per heavy atom. The highest BCUT2D eigenvalue weighted by Gasteiger charge is 2.23. The third-order valence-corrected chi connectivity index (χ3v) is 6.04. The molecule has 0 radical (unpaired) electrons. The number of aryl methyl sites for hydroxylation is 2. The molecule has 1 aliphatic heterocycles. The van der Waals surface area contributed by atoms with E-state index < -0.39 is 0 Å². The summed E-state index contributed by atoms with van der Waals surface area (Å²) in [6.45, 7) is 1.75. The summed E-state index contributed by atoms with van der Waals surface area (Å²) in [7, 11) is 0. The molecule has 0 atom stereocenters. The Morgan fingerprint density at radius 2 is 1.69 bits per heavy atom. The maximum atomic E-state index is 12.6. The number of carbonyl (C=O) groups is 2. The number of nitrogens with zero attached hydrogens (tertiary/aromatic N) is 2. The zero-order valence-electron chi connectivity index (χ0n) is 18.2. The molecule has 1 aliphatic rings. The number of nitrogens with one attached hydrogen (secondary N) is 1. The zero-order chi connectivity index (χ0) is 22.3. The van der Waals surface area contributed by atoms with Crippen LogP contribution in [0.25, 0.3) is 11.1 Å². The number of hydrogen-bond donors (Lipinski definition) is 1. The van der Waals surface area contributed by atoms with E-state index in [1.807, 2.05) is 53.4 Å². The maximum Gasteiger partial charge on any atom is 0.419 e. The van der Waals surface area contributed by atoms with Gasteiger partial charge in [0.05, 0.1) is 5.52 Å². The number of amides is 2. The number of para-hydroxylation sites is 2. The normalized spacial score (nSPS) is 14.6. The van der Waals surface area contributed by atoms with E-state index >= 15 is 0 Å². The number of carbonyl (C=O) groups excluding carboxylic acids is 2. The summed E-state index contributed by atoms with van der Waals surface area (Å²) in [5.41, 5.74) is 2.49. The van der Waals surface area contributed by atoms with Gasteiger partial charge in [-0.3, -0.25) is 14.2 Å². The third kappa shape index (κ3) is 5.46. The first-order chi connectivity index (χ1) is 15.6. The molecule has 1 aromatic heterocycles. The third-order valence-electron chi connectivity index (χ3n) is 6.04. The Kier molecular flexibility index (Phi) is 7.04. The minimum atomic E-state index is -0.387. The van der Waals surface area contributed by atoms with Gasteiger partial charge in [-0.15, -0.1) is 0 Å². The second kappa shape index (κ2) is 10.3. The van der Waals surface area contributed by atoms with Crippen molar-refractivity contribution in [2.75, 3.05) is 13.1 Å². The number of hydrogen-bond acceptors (Lipinski definition) is 4. The maximum absolute atomic E-state index is 12.6. The van der Waals surface area contributed by atoms with Crippen molar-refractivity contribution in [3.8, 4) is 0 Å². The van der Waals surface area contributed by atoms with Crippen LogP contribution in [0.3, 0.4) is 0 Å². The molecule has 168 valence electrons. The summed E-state index contributed by atoms with van der Waals surface area (Å²) in [6.07, 6.45) is 3.73. The van der Waals surface area contributed by atoms with E-state index in [-0.39, 0.29) is 23.6 Å². The summed E-state index contributed by atoms with van der Waals surface area (Å²) in [6, 6.07) is 17.4. The quantitative estimate of drug-likeness (QED) is 0.589. The average Bonchev–Trinajstić information content (AvgIpc) is 3.14. The Bertz CT molecular complexity index is 1110. The number of piperidine rings is 1. The molecule has 2 heterocycles. The highest BCUT2D eigenvalue weighted by Crippen LogP contribution is 2.15. The smallest absolute Gasteiger partial charge is 0.408 e. The first-order valence-corrected chi connectivity index (χ1v) is 11.3. The molecule has 0 saturated carbocycles. The van der Waals surface area contributed by atoms with Crippen LogP contribution in [0.1, 0.15) is 37.7 Å². The number of likely N-dealkylation sites (tertiary alicyclic amines) is 1. The van der Waals surface area contributed by atoms with Crippen LogP contribution in [0.2, 0.25) is 0 Å². The van der Waals surface area contributed by atoms with E-state index in [0.717, 1.165) is 30.3 Å². The Labute approximate surface area is 187 Å². The lowest BCUT2D eigenvalue weighted by molar-refractivity contribution is -0.132. The van der Waals surface area contributed by atoms with Crippen molar-refractivity contribution in [3.05, 3.63) is 70.7 Å². The van der Waals surface area contributed by atoms with Gasteiger partial charge in [-0.05, 0) is 43.4 Å². The minimum Gasteiger partial charge on any atom is -0.408 e. The molecule has 7 heteroatoms. The van der Waals surface area contributed by atoms with Crippen molar-refractivity contribution in [3.63, 3.8) is 0 Å². The molecule has 32 heavy (non-hydrogen) atoms. The fourth-order valence-corrected chi connectivity index (χ4v) is 4.25. The molecule has 1 saturated heterocycles. The second-order valence-electron chi connectivity index (χ2n) is 8.30. The summed E-state index contributed by atoms with van der Waals surface area (Å²) >= 11 is 0. The first kappa shape index (κ1) is 21.9. The first-order valence-electron chi connectivity index (χ1n) is 11.3. The van der Waals surface area contributed by atoms with Crippen molar-refractivity contribution in [2.24, 2.45) is 0 Å². The monoisotopic (exact) mass is 435 g/mol. The Morgan fingerprint density at radius 1 is 0.969 bits per heavy atom. The van der Waals surface area contributed by atoms with Gasteiger partial charge < -0.3 is 14.6 Å². The van der Waals surface area contributed by atoms with E-state index in [0.29, 0.717) is 44.5 Å². The number of rotatable bonds is 8. The molecule has 2 amide bonds. The fraction of sp³-hybridized carbons (Fsp3) is 0.400. The summed E-state index contributed by atoms with van der Waals surface area (Å²) < 4.78 is 6.82. The van der Waals surface area contributed by atoms with Gasteiger partial charge in [0.25, 0.3) is 0 Å². The predicted octanol–water partition coefficient (Wildman–Crippen LogP) is 3.11. The van der Waals surface area contributed by atoms with Crippen molar-refractivity contribution >= 4 is 22.9 Å². The molecule has 2 aromatic carbocycles. The molecule has 3 aromatic rings. The van der Waals surface area contributed by atoms with Crippen LogP contribution in [0.4, 0.5) is 0 Å². The van der Waals surface area contributed by atoms with Gasteiger partial charge in [-0.1, -0.05) is 42.5 Å². The lowest BCUT2D eigenvalue weighted by Gasteiger charge is -2.32. The van der Waals surface area contributed by atoms with Gasteiger partial charge in [0.1, 0.15) is 0 Å². The van der Waals surface area contributed by atoms with Gasteiger partial charge in [-0.25, -0.2) is 4.79 Å². The van der Waals surface area contributed by atoms with Crippen molar-refractivity contribution in [1.29, 1.82) is 0 Å². The molecular formula is C25H29N3O4. The SMILES string of the molecule is O=C(CCc1ccccc1)NC1CCN(C(=O)CCCn2c(=O)oc3ccccc32)CC1. The van der Waals surface area contributed by atoms with Crippen LogP contribution in [0, 0.1) is 0 Å².